The molecule has 0 bridgehead atoms. The van der Waals surface area contributed by atoms with Crippen molar-refractivity contribution >= 4 is 66.6 Å². The first-order valence-electron chi connectivity index (χ1n) is 11.7. The number of rotatable bonds is 10. The first-order chi connectivity index (χ1) is 18.6. The van der Waals surface area contributed by atoms with Crippen molar-refractivity contribution in [2.75, 3.05) is 19.8 Å². The van der Waals surface area contributed by atoms with E-state index in [9.17, 15) is 18.0 Å². The van der Waals surface area contributed by atoms with Crippen molar-refractivity contribution in [1.82, 2.24) is 4.90 Å². The Kier molecular flexibility index (Phi) is 9.27. The van der Waals surface area contributed by atoms with Crippen LogP contribution >= 0.6 is 39.3 Å². The van der Waals surface area contributed by atoms with Gasteiger partial charge in [0.1, 0.15) is 17.3 Å². The molecule has 1 heterocycles. The number of carbonyl (C=O) groups is 2. The lowest BCUT2D eigenvalue weighted by molar-refractivity contribution is -0.123. The molecule has 1 fully saturated rings. The molecule has 1 aliphatic rings. The number of halogens is 2. The van der Waals surface area contributed by atoms with Gasteiger partial charge in [0.25, 0.3) is 11.1 Å². The molecule has 0 N–H and O–H groups in total. The maximum Gasteiger partial charge on any atom is 0.339 e. The zero-order valence-corrected chi connectivity index (χ0v) is 24.8. The second kappa shape index (κ2) is 12.5. The molecular formula is C27H23BrClNO7S2. The van der Waals surface area contributed by atoms with Crippen molar-refractivity contribution < 1.29 is 31.7 Å². The molecule has 0 spiro atoms. The highest BCUT2D eigenvalue weighted by Crippen LogP contribution is 2.40. The SMILES string of the molecule is CCOc1cc(/C=C2\SC(=O)N(CCOc3ccccc3Cl)C2=O)cc(Br)c1OS(=O)(=O)c1ccc(C)cc1. The van der Waals surface area contributed by atoms with Crippen LogP contribution < -0.4 is 13.7 Å². The van der Waals surface area contributed by atoms with E-state index in [1.165, 1.54) is 18.2 Å². The third kappa shape index (κ3) is 6.96. The molecule has 3 aromatic carbocycles. The Bertz CT molecular complexity index is 1540. The molecule has 1 saturated heterocycles. The minimum atomic E-state index is -4.14. The van der Waals surface area contributed by atoms with Gasteiger partial charge in [-0.1, -0.05) is 41.4 Å². The Morgan fingerprint density at radius 2 is 1.74 bits per heavy atom. The molecule has 0 saturated carbocycles. The van der Waals surface area contributed by atoms with Gasteiger partial charge in [0.2, 0.25) is 0 Å². The highest BCUT2D eigenvalue weighted by molar-refractivity contribution is 9.10. The van der Waals surface area contributed by atoms with Crippen molar-refractivity contribution in [3.63, 3.8) is 0 Å². The van der Waals surface area contributed by atoms with E-state index in [0.717, 1.165) is 22.2 Å². The van der Waals surface area contributed by atoms with Gasteiger partial charge in [0.05, 0.1) is 27.6 Å². The number of amides is 2. The van der Waals surface area contributed by atoms with Crippen LogP contribution in [0.2, 0.25) is 5.02 Å². The first-order valence-corrected chi connectivity index (χ1v) is 15.1. The summed E-state index contributed by atoms with van der Waals surface area (Å²) in [6.45, 7) is 3.96. The third-order valence-electron chi connectivity index (χ3n) is 5.41. The Morgan fingerprint density at radius 3 is 2.44 bits per heavy atom. The quantitative estimate of drug-likeness (QED) is 0.176. The van der Waals surface area contributed by atoms with Crippen LogP contribution in [0.25, 0.3) is 6.08 Å². The van der Waals surface area contributed by atoms with Crippen molar-refractivity contribution in [1.29, 1.82) is 0 Å². The number of imide groups is 1. The number of thioether (sulfide) groups is 1. The van der Waals surface area contributed by atoms with Gasteiger partial charge in [-0.2, -0.15) is 8.42 Å². The summed E-state index contributed by atoms with van der Waals surface area (Å²) in [4.78, 5) is 26.8. The standard InChI is InChI=1S/C27H23BrClNO7S2/c1-3-35-23-15-18(14-20(28)25(23)37-39(33,34)19-10-8-17(2)9-11-19)16-24-26(31)30(27(32)38-24)12-13-36-22-7-5-4-6-21(22)29/h4-11,14-16H,3,12-13H2,1-2H3/b24-16-. The van der Waals surface area contributed by atoms with Crippen LogP contribution in [0.15, 0.2) is 74.9 Å². The second-order valence-electron chi connectivity index (χ2n) is 8.23. The number of hydrogen-bond acceptors (Lipinski definition) is 8. The Labute approximate surface area is 244 Å². The van der Waals surface area contributed by atoms with Gasteiger partial charge in [0.15, 0.2) is 11.5 Å². The molecule has 1 aliphatic heterocycles. The van der Waals surface area contributed by atoms with E-state index in [-0.39, 0.29) is 41.1 Å². The number of hydrogen-bond donors (Lipinski definition) is 0. The number of nitrogens with zero attached hydrogens (tertiary/aromatic N) is 1. The fourth-order valence-electron chi connectivity index (χ4n) is 3.53. The normalized spacial score (nSPS) is 14.7. The van der Waals surface area contributed by atoms with Crippen LogP contribution in [0.3, 0.4) is 0 Å². The number of aryl methyl sites for hydroxylation is 1. The minimum absolute atomic E-state index is 0.00119. The predicted octanol–water partition coefficient (Wildman–Crippen LogP) is 6.69. The highest BCUT2D eigenvalue weighted by Gasteiger charge is 2.35. The first kappa shape index (κ1) is 29.0. The number of benzene rings is 3. The molecule has 12 heteroatoms. The van der Waals surface area contributed by atoms with Crippen LogP contribution in [0.4, 0.5) is 4.79 Å². The molecule has 39 heavy (non-hydrogen) atoms. The van der Waals surface area contributed by atoms with Crippen LogP contribution in [0.5, 0.6) is 17.2 Å². The van der Waals surface area contributed by atoms with Gasteiger partial charge in [-0.25, -0.2) is 0 Å². The molecule has 4 rings (SSSR count). The van der Waals surface area contributed by atoms with Crippen LogP contribution in [-0.2, 0) is 14.9 Å². The summed E-state index contributed by atoms with van der Waals surface area (Å²) in [6, 6.07) is 16.3. The summed E-state index contributed by atoms with van der Waals surface area (Å²) in [5.74, 6) is 0.117. The predicted molar refractivity (Wildman–Crippen MR) is 154 cm³/mol. The molecule has 0 unspecified atom stereocenters. The van der Waals surface area contributed by atoms with Crippen molar-refractivity contribution in [2.45, 2.75) is 18.7 Å². The summed E-state index contributed by atoms with van der Waals surface area (Å²) < 4.78 is 42.7. The van der Waals surface area contributed by atoms with E-state index in [0.29, 0.717) is 20.8 Å². The molecule has 2 amide bonds. The molecule has 3 aromatic rings. The summed E-state index contributed by atoms with van der Waals surface area (Å²) >= 11 is 10.2. The fraction of sp³-hybridized carbons (Fsp3) is 0.185. The lowest BCUT2D eigenvalue weighted by Gasteiger charge is -2.15. The smallest absolute Gasteiger partial charge is 0.339 e. The van der Waals surface area contributed by atoms with E-state index in [4.69, 9.17) is 25.3 Å². The Hall–Kier alpha value is -2.99. The maximum atomic E-state index is 12.9. The van der Waals surface area contributed by atoms with E-state index >= 15 is 0 Å². The van der Waals surface area contributed by atoms with Gasteiger partial charge in [0, 0.05) is 0 Å². The van der Waals surface area contributed by atoms with Gasteiger partial charge < -0.3 is 13.7 Å². The van der Waals surface area contributed by atoms with Crippen molar-refractivity contribution in [3.8, 4) is 17.2 Å². The molecule has 204 valence electrons. The number of ether oxygens (including phenoxy) is 2. The average molecular weight is 653 g/mol. The lowest BCUT2D eigenvalue weighted by Crippen LogP contribution is -2.32. The molecule has 0 aromatic heterocycles. The molecule has 0 aliphatic carbocycles. The summed E-state index contributed by atoms with van der Waals surface area (Å²) in [5.41, 5.74) is 1.41. The van der Waals surface area contributed by atoms with E-state index in [2.05, 4.69) is 15.9 Å². The third-order valence-corrected chi connectivity index (χ3v) is 8.46. The second-order valence-corrected chi connectivity index (χ2v) is 12.0. The highest BCUT2D eigenvalue weighted by atomic mass is 79.9. The summed E-state index contributed by atoms with van der Waals surface area (Å²) in [7, 11) is -4.14. The van der Waals surface area contributed by atoms with Crippen molar-refractivity contribution in [3.05, 3.63) is 86.2 Å². The zero-order valence-electron chi connectivity index (χ0n) is 20.8. The summed E-state index contributed by atoms with van der Waals surface area (Å²) in [5, 5.41) is 0.00329. The van der Waals surface area contributed by atoms with Crippen LogP contribution in [0, 0.1) is 6.92 Å². The molecule has 0 radical (unpaired) electrons. The Balaban J connectivity index is 1.53. The topological polar surface area (TPSA) is 99.2 Å². The monoisotopic (exact) mass is 651 g/mol. The summed E-state index contributed by atoms with van der Waals surface area (Å²) in [6.07, 6.45) is 1.53. The minimum Gasteiger partial charge on any atom is -0.490 e. The van der Waals surface area contributed by atoms with Gasteiger partial charge in [-0.3, -0.25) is 14.5 Å². The molecule has 0 atom stereocenters. The van der Waals surface area contributed by atoms with Crippen LogP contribution in [-0.4, -0.2) is 44.2 Å². The van der Waals surface area contributed by atoms with Crippen LogP contribution in [0.1, 0.15) is 18.1 Å². The van der Waals surface area contributed by atoms with E-state index < -0.39 is 21.3 Å². The van der Waals surface area contributed by atoms with Crippen molar-refractivity contribution in [2.24, 2.45) is 0 Å². The number of carbonyl (C=O) groups excluding carboxylic acids is 2. The molecule has 8 nitrogen and oxygen atoms in total. The van der Waals surface area contributed by atoms with Gasteiger partial charge in [-0.05, 0) is 89.6 Å². The zero-order chi connectivity index (χ0) is 28.2. The van der Waals surface area contributed by atoms with Gasteiger partial charge in [-0.15, -0.1) is 0 Å². The number of para-hydroxylation sites is 1. The fourth-order valence-corrected chi connectivity index (χ4v) is 6.19. The van der Waals surface area contributed by atoms with E-state index in [1.54, 1.807) is 55.5 Å². The lowest BCUT2D eigenvalue weighted by atomic mass is 10.2. The van der Waals surface area contributed by atoms with Gasteiger partial charge >= 0.3 is 10.1 Å². The molecular weight excluding hydrogens is 630 g/mol. The van der Waals surface area contributed by atoms with E-state index in [1.807, 2.05) is 6.92 Å². The maximum absolute atomic E-state index is 12.9. The average Bonchev–Trinajstić information content (AvgIpc) is 3.15. The Morgan fingerprint density at radius 1 is 1.03 bits per heavy atom. The largest absolute Gasteiger partial charge is 0.490 e.